The molecule has 0 amide bonds. The van der Waals surface area contributed by atoms with Crippen molar-refractivity contribution < 1.29 is 9.90 Å². The second-order valence-corrected chi connectivity index (χ2v) is 5.11. The van der Waals surface area contributed by atoms with E-state index in [0.717, 1.165) is 29.1 Å². The average Bonchev–Trinajstić information content (AvgIpc) is 2.34. The van der Waals surface area contributed by atoms with Crippen LogP contribution in [0.25, 0.3) is 6.08 Å². The number of carbonyl (C=O) groups is 1. The first-order valence-corrected chi connectivity index (χ1v) is 7.15. The van der Waals surface area contributed by atoms with Crippen LogP contribution in [0.5, 0.6) is 0 Å². The minimum absolute atomic E-state index is 0.921. The molecule has 18 heavy (non-hydrogen) atoms. The van der Waals surface area contributed by atoms with E-state index in [1.807, 2.05) is 30.8 Å². The van der Waals surface area contributed by atoms with E-state index in [-0.39, 0.29) is 0 Å². The number of hydrogen-bond acceptors (Lipinski definition) is 3. The fourth-order valence-electron chi connectivity index (χ4n) is 1.60. The predicted molar refractivity (Wildman–Crippen MR) is 79.5 cm³/mol. The molecule has 1 aromatic rings. The summed E-state index contributed by atoms with van der Waals surface area (Å²) in [6.07, 6.45) is 4.89. The number of benzene rings is 1. The Bertz CT molecular complexity index is 443. The molecule has 1 N–H and O–H groups in total. The molecule has 0 saturated carbocycles. The van der Waals surface area contributed by atoms with Gasteiger partial charge in [0, 0.05) is 31.1 Å². The van der Waals surface area contributed by atoms with Gasteiger partial charge in [0.15, 0.2) is 0 Å². The van der Waals surface area contributed by atoms with Crippen LogP contribution in [0.2, 0.25) is 0 Å². The van der Waals surface area contributed by atoms with E-state index in [1.165, 1.54) is 6.08 Å². The Labute approximate surface area is 113 Å². The van der Waals surface area contributed by atoms with Crippen LogP contribution in [-0.4, -0.2) is 36.7 Å². The quantitative estimate of drug-likeness (QED) is 0.803. The van der Waals surface area contributed by atoms with Crippen LogP contribution in [0.4, 0.5) is 5.69 Å². The van der Waals surface area contributed by atoms with E-state index < -0.39 is 5.97 Å². The van der Waals surface area contributed by atoms with Crippen LogP contribution >= 0.6 is 11.8 Å². The Hall–Kier alpha value is -1.42. The summed E-state index contributed by atoms with van der Waals surface area (Å²) in [5.41, 5.74) is 3.19. The van der Waals surface area contributed by atoms with Crippen molar-refractivity contribution in [2.75, 3.05) is 30.5 Å². The molecule has 4 heteroatoms. The van der Waals surface area contributed by atoms with Crippen molar-refractivity contribution in [1.82, 2.24) is 0 Å². The van der Waals surface area contributed by atoms with Crippen molar-refractivity contribution >= 4 is 29.5 Å². The number of aryl methyl sites for hydroxylation is 1. The fraction of sp³-hybridized carbons (Fsp3) is 0.357. The zero-order chi connectivity index (χ0) is 13.5. The number of carboxylic acids is 1. The number of carboxylic acid groups (broad SMARTS) is 1. The van der Waals surface area contributed by atoms with Crippen LogP contribution in [0, 0.1) is 6.92 Å². The summed E-state index contributed by atoms with van der Waals surface area (Å²) in [5.74, 6) is 0.173. The molecule has 0 spiro atoms. The molecule has 0 fully saturated rings. The fourth-order valence-corrected chi connectivity index (χ4v) is 2.06. The number of rotatable bonds is 6. The maximum atomic E-state index is 10.5. The van der Waals surface area contributed by atoms with Crippen LogP contribution in [0.3, 0.4) is 0 Å². The lowest BCUT2D eigenvalue weighted by Crippen LogP contribution is -2.20. The number of aliphatic carboxylic acids is 1. The molecule has 0 aliphatic carbocycles. The number of anilines is 1. The molecule has 0 bridgehead atoms. The molecule has 0 saturated heterocycles. The molecule has 1 aromatic carbocycles. The Kier molecular flexibility index (Phi) is 5.78. The zero-order valence-corrected chi connectivity index (χ0v) is 11.8. The molecule has 0 aliphatic rings. The summed E-state index contributed by atoms with van der Waals surface area (Å²) < 4.78 is 0. The van der Waals surface area contributed by atoms with Gasteiger partial charge in [0.2, 0.25) is 0 Å². The van der Waals surface area contributed by atoms with E-state index >= 15 is 0 Å². The molecule has 0 unspecified atom stereocenters. The SMILES string of the molecule is CSCCN(C)c1ccc(/C=C/C(=O)O)c(C)c1. The second-order valence-electron chi connectivity index (χ2n) is 4.13. The Morgan fingerprint density at radius 1 is 1.50 bits per heavy atom. The lowest BCUT2D eigenvalue weighted by Gasteiger charge is -2.19. The molecule has 98 valence electrons. The molecule has 0 aromatic heterocycles. The molecule has 0 aliphatic heterocycles. The average molecular weight is 265 g/mol. The van der Waals surface area contributed by atoms with Gasteiger partial charge in [-0.15, -0.1) is 0 Å². The highest BCUT2D eigenvalue weighted by Crippen LogP contribution is 2.19. The maximum absolute atomic E-state index is 10.5. The molecular formula is C14H19NO2S. The van der Waals surface area contributed by atoms with Crippen molar-refractivity contribution in [3.63, 3.8) is 0 Å². The standard InChI is InChI=1S/C14H19NO2S/c1-11-10-13(15(2)8-9-18-3)6-4-12(11)5-7-14(16)17/h4-7,10H,8-9H2,1-3H3,(H,16,17)/b7-5+. The van der Waals surface area contributed by atoms with E-state index in [4.69, 9.17) is 5.11 Å². The van der Waals surface area contributed by atoms with Gasteiger partial charge < -0.3 is 10.0 Å². The predicted octanol–water partition coefficient (Wildman–Crippen LogP) is 2.89. The largest absolute Gasteiger partial charge is 0.478 e. The van der Waals surface area contributed by atoms with Gasteiger partial charge in [0.05, 0.1) is 0 Å². The Morgan fingerprint density at radius 3 is 2.78 bits per heavy atom. The van der Waals surface area contributed by atoms with Crippen LogP contribution < -0.4 is 4.90 Å². The summed E-state index contributed by atoms with van der Waals surface area (Å²) in [4.78, 5) is 12.7. The highest BCUT2D eigenvalue weighted by Gasteiger charge is 2.02. The van der Waals surface area contributed by atoms with Gasteiger partial charge in [0.25, 0.3) is 0 Å². The first-order valence-electron chi connectivity index (χ1n) is 5.76. The summed E-state index contributed by atoms with van der Waals surface area (Å²) >= 11 is 1.83. The molecule has 1 rings (SSSR count). The van der Waals surface area contributed by atoms with E-state index in [2.05, 4.69) is 24.3 Å². The topological polar surface area (TPSA) is 40.5 Å². The minimum Gasteiger partial charge on any atom is -0.478 e. The van der Waals surface area contributed by atoms with Crippen molar-refractivity contribution in [1.29, 1.82) is 0 Å². The van der Waals surface area contributed by atoms with Gasteiger partial charge in [-0.25, -0.2) is 4.79 Å². The Balaban J connectivity index is 2.81. The summed E-state index contributed by atoms with van der Waals surface area (Å²) in [5, 5.41) is 8.61. The minimum atomic E-state index is -0.921. The maximum Gasteiger partial charge on any atom is 0.328 e. The molecule has 0 radical (unpaired) electrons. The van der Waals surface area contributed by atoms with E-state index in [1.54, 1.807) is 6.08 Å². The van der Waals surface area contributed by atoms with Gasteiger partial charge in [-0.05, 0) is 42.5 Å². The summed E-state index contributed by atoms with van der Waals surface area (Å²) in [7, 11) is 2.07. The highest BCUT2D eigenvalue weighted by molar-refractivity contribution is 7.98. The third-order valence-electron chi connectivity index (χ3n) is 2.73. The number of thioether (sulfide) groups is 1. The normalized spacial score (nSPS) is 10.8. The van der Waals surface area contributed by atoms with Gasteiger partial charge in [0.1, 0.15) is 0 Å². The number of nitrogens with zero attached hydrogens (tertiary/aromatic N) is 1. The van der Waals surface area contributed by atoms with Crippen molar-refractivity contribution in [3.05, 3.63) is 35.4 Å². The van der Waals surface area contributed by atoms with Crippen molar-refractivity contribution in [2.45, 2.75) is 6.92 Å². The second kappa shape index (κ2) is 7.11. The zero-order valence-electron chi connectivity index (χ0n) is 11.0. The molecular weight excluding hydrogens is 246 g/mol. The van der Waals surface area contributed by atoms with Crippen LogP contribution in [0.1, 0.15) is 11.1 Å². The van der Waals surface area contributed by atoms with Crippen molar-refractivity contribution in [3.8, 4) is 0 Å². The lowest BCUT2D eigenvalue weighted by molar-refractivity contribution is -0.131. The lowest BCUT2D eigenvalue weighted by atomic mass is 10.1. The molecule has 0 atom stereocenters. The Morgan fingerprint density at radius 2 is 2.22 bits per heavy atom. The first-order chi connectivity index (χ1) is 8.54. The van der Waals surface area contributed by atoms with Gasteiger partial charge in [-0.2, -0.15) is 11.8 Å². The summed E-state index contributed by atoms with van der Waals surface area (Å²) in [6.45, 7) is 3.00. The summed E-state index contributed by atoms with van der Waals surface area (Å²) in [6, 6.07) is 6.07. The molecule has 3 nitrogen and oxygen atoms in total. The highest BCUT2D eigenvalue weighted by atomic mass is 32.2. The third-order valence-corrected chi connectivity index (χ3v) is 3.32. The van der Waals surface area contributed by atoms with E-state index in [0.29, 0.717) is 0 Å². The van der Waals surface area contributed by atoms with E-state index in [9.17, 15) is 4.79 Å². The third kappa shape index (κ3) is 4.45. The van der Waals surface area contributed by atoms with Crippen LogP contribution in [0.15, 0.2) is 24.3 Å². The van der Waals surface area contributed by atoms with Gasteiger partial charge in [-0.1, -0.05) is 6.07 Å². The first kappa shape index (κ1) is 14.6. The van der Waals surface area contributed by atoms with Crippen LogP contribution in [-0.2, 0) is 4.79 Å². The monoisotopic (exact) mass is 265 g/mol. The van der Waals surface area contributed by atoms with Crippen molar-refractivity contribution in [2.24, 2.45) is 0 Å². The number of hydrogen-bond donors (Lipinski definition) is 1. The molecule has 0 heterocycles. The van der Waals surface area contributed by atoms with Gasteiger partial charge in [-0.3, -0.25) is 0 Å². The van der Waals surface area contributed by atoms with Gasteiger partial charge >= 0.3 is 5.97 Å². The smallest absolute Gasteiger partial charge is 0.328 e.